The van der Waals surface area contributed by atoms with Crippen molar-refractivity contribution in [1.82, 2.24) is 4.90 Å². The van der Waals surface area contributed by atoms with Gasteiger partial charge in [-0.05, 0) is 24.6 Å². The molecule has 0 aromatic heterocycles. The third-order valence-corrected chi connectivity index (χ3v) is 4.18. The average Bonchev–Trinajstić information content (AvgIpc) is 2.79. The number of likely N-dealkylation sites (N-methyl/N-ethyl adjacent to an activating group) is 1. The summed E-state index contributed by atoms with van der Waals surface area (Å²) in [6.07, 6.45) is 0.989. The van der Waals surface area contributed by atoms with Gasteiger partial charge in [-0.1, -0.05) is 24.6 Å². The second kappa shape index (κ2) is 5.99. The van der Waals surface area contributed by atoms with Gasteiger partial charge in [0.2, 0.25) is 0 Å². The fourth-order valence-electron chi connectivity index (χ4n) is 2.80. The molecule has 5 heteroatoms. The van der Waals surface area contributed by atoms with Gasteiger partial charge in [-0.15, -0.1) is 0 Å². The zero-order valence-corrected chi connectivity index (χ0v) is 12.4. The van der Waals surface area contributed by atoms with E-state index in [2.05, 4.69) is 11.8 Å². The Hall–Kier alpha value is -0.970. The van der Waals surface area contributed by atoms with Crippen LogP contribution in [-0.2, 0) is 0 Å². The normalized spacial score (nSPS) is 23.6. The fourth-order valence-corrected chi connectivity index (χ4v) is 3.14. The zero-order chi connectivity index (χ0) is 14.0. The molecule has 0 bridgehead atoms. The summed E-state index contributed by atoms with van der Waals surface area (Å²) in [4.78, 5) is 2.35. The Balaban J connectivity index is 2.45. The van der Waals surface area contributed by atoms with Gasteiger partial charge in [0.1, 0.15) is 0 Å². The lowest BCUT2D eigenvalue weighted by Crippen LogP contribution is -2.32. The number of ether oxygens (including phenoxy) is 2. The summed E-state index contributed by atoms with van der Waals surface area (Å²) in [5.74, 6) is 1.22. The quantitative estimate of drug-likeness (QED) is 0.923. The first kappa shape index (κ1) is 14.4. The lowest BCUT2D eigenvalue weighted by Gasteiger charge is -2.27. The highest BCUT2D eigenvalue weighted by Crippen LogP contribution is 2.43. The molecule has 4 nitrogen and oxygen atoms in total. The van der Waals surface area contributed by atoms with E-state index in [0.717, 1.165) is 25.1 Å². The van der Waals surface area contributed by atoms with Crippen LogP contribution in [0.2, 0.25) is 5.02 Å². The van der Waals surface area contributed by atoms with E-state index in [1.165, 1.54) is 0 Å². The van der Waals surface area contributed by atoms with E-state index in [0.29, 0.717) is 16.5 Å². The highest BCUT2D eigenvalue weighted by Gasteiger charge is 2.34. The number of nitrogens with two attached hydrogens (primary N) is 1. The van der Waals surface area contributed by atoms with Gasteiger partial charge in [-0.2, -0.15) is 0 Å². The molecule has 0 amide bonds. The monoisotopic (exact) mass is 284 g/mol. The maximum absolute atomic E-state index is 6.47. The first-order valence-electron chi connectivity index (χ1n) is 6.54. The van der Waals surface area contributed by atoms with Crippen LogP contribution in [0.1, 0.15) is 24.9 Å². The van der Waals surface area contributed by atoms with Gasteiger partial charge in [-0.25, -0.2) is 0 Å². The molecule has 0 aliphatic carbocycles. The van der Waals surface area contributed by atoms with Crippen molar-refractivity contribution in [3.8, 4) is 11.5 Å². The molecule has 0 saturated carbocycles. The fraction of sp³-hybridized carbons (Fsp3) is 0.571. The van der Waals surface area contributed by atoms with Crippen molar-refractivity contribution in [2.45, 2.75) is 25.4 Å². The molecule has 2 rings (SSSR count). The molecule has 1 aromatic carbocycles. The lowest BCUT2D eigenvalue weighted by atomic mass is 10.00. The molecule has 19 heavy (non-hydrogen) atoms. The van der Waals surface area contributed by atoms with Gasteiger partial charge in [0.25, 0.3) is 0 Å². The lowest BCUT2D eigenvalue weighted by molar-refractivity contribution is 0.260. The highest BCUT2D eigenvalue weighted by atomic mass is 35.5. The number of halogens is 1. The number of hydrogen-bond donors (Lipinski definition) is 1. The molecule has 0 radical (unpaired) electrons. The van der Waals surface area contributed by atoms with Crippen LogP contribution < -0.4 is 15.2 Å². The van der Waals surface area contributed by atoms with Crippen LogP contribution in [0.4, 0.5) is 0 Å². The number of rotatable bonds is 4. The number of likely N-dealkylation sites (tertiary alicyclic amines) is 1. The molecule has 2 unspecified atom stereocenters. The second-order valence-corrected chi connectivity index (χ2v) is 5.11. The summed E-state index contributed by atoms with van der Waals surface area (Å²) in [5, 5.41) is 0.600. The largest absolute Gasteiger partial charge is 0.493 e. The summed E-state index contributed by atoms with van der Waals surface area (Å²) >= 11 is 6.47. The molecule has 1 aliphatic rings. The Kier molecular flexibility index (Phi) is 4.55. The minimum atomic E-state index is 0.107. The van der Waals surface area contributed by atoms with Crippen LogP contribution in [0.5, 0.6) is 11.5 Å². The van der Waals surface area contributed by atoms with Gasteiger partial charge in [0.05, 0.1) is 25.3 Å². The van der Waals surface area contributed by atoms with Crippen molar-refractivity contribution < 1.29 is 9.47 Å². The predicted octanol–water partition coefficient (Wildman–Crippen LogP) is 2.45. The zero-order valence-electron chi connectivity index (χ0n) is 11.6. The Morgan fingerprint density at radius 1 is 1.37 bits per heavy atom. The third kappa shape index (κ3) is 2.53. The van der Waals surface area contributed by atoms with E-state index in [1.807, 2.05) is 12.1 Å². The van der Waals surface area contributed by atoms with Crippen LogP contribution in [0, 0.1) is 0 Å². The molecular formula is C14H21ClN2O2. The molecule has 1 aliphatic heterocycles. The van der Waals surface area contributed by atoms with Gasteiger partial charge >= 0.3 is 0 Å². The first-order valence-corrected chi connectivity index (χ1v) is 6.91. The minimum absolute atomic E-state index is 0.107. The second-order valence-electron chi connectivity index (χ2n) is 4.73. The smallest absolute Gasteiger partial charge is 0.179 e. The molecule has 106 valence electrons. The maximum Gasteiger partial charge on any atom is 0.179 e. The van der Waals surface area contributed by atoms with Crippen LogP contribution >= 0.6 is 11.6 Å². The van der Waals surface area contributed by atoms with Crippen LogP contribution in [0.15, 0.2) is 12.1 Å². The third-order valence-electron chi connectivity index (χ3n) is 3.79. The molecule has 1 aromatic rings. The Morgan fingerprint density at radius 3 is 2.68 bits per heavy atom. The number of nitrogens with zero attached hydrogens (tertiary/aromatic N) is 1. The average molecular weight is 285 g/mol. The highest BCUT2D eigenvalue weighted by molar-refractivity contribution is 6.33. The molecule has 2 atom stereocenters. The van der Waals surface area contributed by atoms with Crippen LogP contribution in [0.25, 0.3) is 0 Å². The van der Waals surface area contributed by atoms with Crippen molar-refractivity contribution in [3.63, 3.8) is 0 Å². The van der Waals surface area contributed by atoms with Crippen molar-refractivity contribution in [2.24, 2.45) is 5.73 Å². The van der Waals surface area contributed by atoms with Gasteiger partial charge in [0.15, 0.2) is 11.5 Å². The number of hydrogen-bond acceptors (Lipinski definition) is 4. The van der Waals surface area contributed by atoms with Gasteiger partial charge in [0, 0.05) is 12.6 Å². The van der Waals surface area contributed by atoms with Gasteiger partial charge < -0.3 is 15.2 Å². The molecule has 0 spiro atoms. The standard InChI is InChI=1S/C14H21ClN2O2/c1-4-17-8-7-10(16)13(17)9-5-6-11(18-2)14(19-3)12(9)15/h5-6,10,13H,4,7-8,16H2,1-3H3. The summed E-state index contributed by atoms with van der Waals surface area (Å²) in [7, 11) is 3.20. The van der Waals surface area contributed by atoms with Crippen LogP contribution in [0.3, 0.4) is 0 Å². The number of methoxy groups -OCH3 is 2. The molecule has 2 N–H and O–H groups in total. The first-order chi connectivity index (χ1) is 9.13. The van der Waals surface area contributed by atoms with E-state index in [9.17, 15) is 0 Å². The van der Waals surface area contributed by atoms with Crippen LogP contribution in [-0.4, -0.2) is 38.3 Å². The molecule has 1 fully saturated rings. The van der Waals surface area contributed by atoms with E-state index >= 15 is 0 Å². The Bertz CT molecular complexity index is 453. The maximum atomic E-state index is 6.47. The van der Waals surface area contributed by atoms with Crippen molar-refractivity contribution in [3.05, 3.63) is 22.7 Å². The predicted molar refractivity (Wildman–Crippen MR) is 77.1 cm³/mol. The summed E-state index contributed by atoms with van der Waals surface area (Å²) < 4.78 is 10.6. The molecular weight excluding hydrogens is 264 g/mol. The van der Waals surface area contributed by atoms with E-state index in [1.54, 1.807) is 14.2 Å². The molecule has 1 saturated heterocycles. The Morgan fingerprint density at radius 2 is 2.11 bits per heavy atom. The van der Waals surface area contributed by atoms with E-state index in [4.69, 9.17) is 26.8 Å². The summed E-state index contributed by atoms with van der Waals surface area (Å²) in [6.45, 7) is 4.11. The SMILES string of the molecule is CCN1CCC(N)C1c1ccc(OC)c(OC)c1Cl. The van der Waals surface area contributed by atoms with Crippen molar-refractivity contribution in [1.29, 1.82) is 0 Å². The Labute approximate surface area is 119 Å². The molecule has 1 heterocycles. The topological polar surface area (TPSA) is 47.7 Å². The van der Waals surface area contributed by atoms with Crippen molar-refractivity contribution >= 4 is 11.6 Å². The number of benzene rings is 1. The summed E-state index contributed by atoms with van der Waals surface area (Å²) in [5.41, 5.74) is 7.26. The minimum Gasteiger partial charge on any atom is -0.493 e. The van der Waals surface area contributed by atoms with E-state index < -0.39 is 0 Å². The van der Waals surface area contributed by atoms with Crippen molar-refractivity contribution in [2.75, 3.05) is 27.3 Å². The summed E-state index contributed by atoms with van der Waals surface area (Å²) in [6, 6.07) is 4.13. The van der Waals surface area contributed by atoms with E-state index in [-0.39, 0.29) is 12.1 Å². The van der Waals surface area contributed by atoms with Gasteiger partial charge in [-0.3, -0.25) is 4.90 Å².